The van der Waals surface area contributed by atoms with E-state index in [1.165, 1.54) is 0 Å². The molecule has 0 unspecified atom stereocenters. The molecule has 0 aliphatic heterocycles. The third kappa shape index (κ3) is 4.26. The first-order chi connectivity index (χ1) is 9.25. The van der Waals surface area contributed by atoms with Gasteiger partial charge < -0.3 is 10.6 Å². The lowest BCUT2D eigenvalue weighted by molar-refractivity contribution is 0.255. The molecule has 0 aromatic heterocycles. The summed E-state index contributed by atoms with van der Waals surface area (Å²) in [6.45, 7) is 0. The monoisotopic (exact) mass is 316 g/mol. The van der Waals surface area contributed by atoms with Crippen LogP contribution in [0.25, 0.3) is 6.08 Å². The number of para-hydroxylation sites is 1. The van der Waals surface area contributed by atoms with E-state index in [1.54, 1.807) is 6.20 Å². The summed E-state index contributed by atoms with van der Waals surface area (Å²) in [5, 5.41) is 5.39. The van der Waals surface area contributed by atoms with Gasteiger partial charge in [-0.25, -0.2) is 4.79 Å². The second-order valence-electron chi connectivity index (χ2n) is 3.82. The summed E-state index contributed by atoms with van der Waals surface area (Å²) in [6, 6.07) is 16.8. The van der Waals surface area contributed by atoms with Gasteiger partial charge >= 0.3 is 6.03 Å². The lowest BCUT2D eigenvalue weighted by Gasteiger charge is -2.03. The van der Waals surface area contributed by atoms with Crippen LogP contribution >= 0.6 is 15.9 Å². The quantitative estimate of drug-likeness (QED) is 0.873. The zero-order valence-electron chi connectivity index (χ0n) is 10.1. The van der Waals surface area contributed by atoms with E-state index in [2.05, 4.69) is 26.6 Å². The molecule has 0 aliphatic rings. The number of benzene rings is 2. The van der Waals surface area contributed by atoms with Crippen molar-refractivity contribution >= 4 is 33.7 Å². The van der Waals surface area contributed by atoms with Crippen molar-refractivity contribution in [3.05, 3.63) is 70.8 Å². The second-order valence-corrected chi connectivity index (χ2v) is 4.67. The van der Waals surface area contributed by atoms with Gasteiger partial charge in [0.1, 0.15) is 0 Å². The molecule has 0 bridgehead atoms. The summed E-state index contributed by atoms with van der Waals surface area (Å²) < 4.78 is 0.983. The number of amides is 2. The Labute approximate surface area is 120 Å². The van der Waals surface area contributed by atoms with Gasteiger partial charge in [-0.1, -0.05) is 52.3 Å². The number of urea groups is 1. The van der Waals surface area contributed by atoms with Crippen molar-refractivity contribution in [2.45, 2.75) is 0 Å². The lowest BCUT2D eigenvalue weighted by Crippen LogP contribution is -2.23. The number of halogens is 1. The fourth-order valence-corrected chi connectivity index (χ4v) is 1.92. The molecule has 2 amide bonds. The molecule has 0 fully saturated rings. The highest BCUT2D eigenvalue weighted by atomic mass is 79.9. The average molecular weight is 317 g/mol. The Morgan fingerprint density at radius 2 is 1.68 bits per heavy atom. The highest BCUT2D eigenvalue weighted by Crippen LogP contribution is 2.16. The maximum Gasteiger partial charge on any atom is 0.323 e. The van der Waals surface area contributed by atoms with E-state index in [0.717, 1.165) is 15.7 Å². The standard InChI is InChI=1S/C15H13BrN2O/c16-14-9-5-4-6-12(14)10-11-17-15(19)18-13-7-2-1-3-8-13/h1-11H,(H2,17,18,19)/b11-10+. The van der Waals surface area contributed by atoms with Gasteiger partial charge in [0, 0.05) is 16.4 Å². The van der Waals surface area contributed by atoms with Crippen LogP contribution in [0.3, 0.4) is 0 Å². The van der Waals surface area contributed by atoms with Crippen LogP contribution in [0.1, 0.15) is 5.56 Å². The molecule has 2 aromatic carbocycles. The number of nitrogens with one attached hydrogen (secondary N) is 2. The molecule has 3 nitrogen and oxygen atoms in total. The number of hydrogen-bond acceptors (Lipinski definition) is 1. The Hall–Kier alpha value is -2.07. The number of anilines is 1. The van der Waals surface area contributed by atoms with Crippen molar-refractivity contribution < 1.29 is 4.79 Å². The van der Waals surface area contributed by atoms with Crippen molar-refractivity contribution in [2.75, 3.05) is 5.32 Å². The SMILES string of the molecule is O=C(N/C=C/c1ccccc1Br)Nc1ccccc1. The summed E-state index contributed by atoms with van der Waals surface area (Å²) in [7, 11) is 0. The molecule has 0 saturated heterocycles. The van der Waals surface area contributed by atoms with E-state index in [0.29, 0.717) is 0 Å². The molecule has 2 rings (SSSR count). The largest absolute Gasteiger partial charge is 0.323 e. The highest BCUT2D eigenvalue weighted by molar-refractivity contribution is 9.10. The van der Waals surface area contributed by atoms with Crippen LogP contribution in [-0.4, -0.2) is 6.03 Å². The van der Waals surface area contributed by atoms with E-state index in [4.69, 9.17) is 0 Å². The third-order valence-corrected chi connectivity index (χ3v) is 3.14. The summed E-state index contributed by atoms with van der Waals surface area (Å²) in [4.78, 5) is 11.6. The number of hydrogen-bond donors (Lipinski definition) is 2. The van der Waals surface area contributed by atoms with Gasteiger partial charge in [-0.05, 0) is 29.8 Å². The van der Waals surface area contributed by atoms with Gasteiger partial charge in [-0.15, -0.1) is 0 Å². The van der Waals surface area contributed by atoms with Crippen molar-refractivity contribution in [3.8, 4) is 0 Å². The molecule has 2 aromatic rings. The minimum atomic E-state index is -0.269. The van der Waals surface area contributed by atoms with E-state index in [-0.39, 0.29) is 6.03 Å². The Balaban J connectivity index is 1.89. The van der Waals surface area contributed by atoms with Crippen LogP contribution in [0.2, 0.25) is 0 Å². The van der Waals surface area contributed by atoms with Gasteiger partial charge in [0.15, 0.2) is 0 Å². The van der Waals surface area contributed by atoms with E-state index >= 15 is 0 Å². The Kier molecular flexibility index (Phi) is 4.75. The van der Waals surface area contributed by atoms with Crippen molar-refractivity contribution in [1.82, 2.24) is 5.32 Å². The Bertz CT molecular complexity index is 582. The smallest absolute Gasteiger partial charge is 0.314 e. The molecule has 0 spiro atoms. The average Bonchev–Trinajstić information content (AvgIpc) is 2.42. The van der Waals surface area contributed by atoms with Crippen molar-refractivity contribution in [1.29, 1.82) is 0 Å². The van der Waals surface area contributed by atoms with Crippen LogP contribution in [0.5, 0.6) is 0 Å². The topological polar surface area (TPSA) is 41.1 Å². The van der Waals surface area contributed by atoms with E-state index in [1.807, 2.05) is 60.7 Å². The third-order valence-electron chi connectivity index (χ3n) is 2.41. The molecule has 0 atom stereocenters. The molecule has 4 heteroatoms. The molecular weight excluding hydrogens is 304 g/mol. The maximum absolute atomic E-state index is 11.6. The number of rotatable bonds is 3. The van der Waals surface area contributed by atoms with Crippen molar-refractivity contribution in [3.63, 3.8) is 0 Å². The first kappa shape index (κ1) is 13.4. The lowest BCUT2D eigenvalue weighted by atomic mass is 10.2. The fraction of sp³-hybridized carbons (Fsp3) is 0. The molecule has 0 aliphatic carbocycles. The second kappa shape index (κ2) is 6.75. The molecule has 2 N–H and O–H groups in total. The molecule has 0 heterocycles. The summed E-state index contributed by atoms with van der Waals surface area (Å²) in [5.41, 5.74) is 1.76. The first-order valence-electron chi connectivity index (χ1n) is 5.79. The minimum absolute atomic E-state index is 0.269. The minimum Gasteiger partial charge on any atom is -0.314 e. The predicted octanol–water partition coefficient (Wildman–Crippen LogP) is 4.24. The van der Waals surface area contributed by atoms with Gasteiger partial charge in [0.05, 0.1) is 0 Å². The van der Waals surface area contributed by atoms with Gasteiger partial charge in [0.2, 0.25) is 0 Å². The molecule has 19 heavy (non-hydrogen) atoms. The highest BCUT2D eigenvalue weighted by Gasteiger charge is 1.98. The van der Waals surface area contributed by atoms with Crippen molar-refractivity contribution in [2.24, 2.45) is 0 Å². The summed E-state index contributed by atoms with van der Waals surface area (Å²) in [5.74, 6) is 0. The van der Waals surface area contributed by atoms with Crippen LogP contribution in [0.15, 0.2) is 65.3 Å². The molecular formula is C15H13BrN2O. The van der Waals surface area contributed by atoms with Crippen LogP contribution in [-0.2, 0) is 0 Å². The zero-order valence-corrected chi connectivity index (χ0v) is 11.7. The van der Waals surface area contributed by atoms with Gasteiger partial charge in [-0.2, -0.15) is 0 Å². The predicted molar refractivity (Wildman–Crippen MR) is 81.8 cm³/mol. The maximum atomic E-state index is 11.6. The van der Waals surface area contributed by atoms with Gasteiger partial charge in [0.25, 0.3) is 0 Å². The summed E-state index contributed by atoms with van der Waals surface area (Å²) in [6.07, 6.45) is 3.44. The fourth-order valence-electron chi connectivity index (χ4n) is 1.51. The van der Waals surface area contributed by atoms with E-state index < -0.39 is 0 Å². The molecule has 0 radical (unpaired) electrons. The number of carbonyl (C=O) groups excluding carboxylic acids is 1. The first-order valence-corrected chi connectivity index (χ1v) is 6.58. The normalized spacial score (nSPS) is 10.4. The van der Waals surface area contributed by atoms with Gasteiger partial charge in [-0.3, -0.25) is 0 Å². The Morgan fingerprint density at radius 3 is 2.42 bits per heavy atom. The van der Waals surface area contributed by atoms with Crippen LogP contribution in [0, 0.1) is 0 Å². The molecule has 96 valence electrons. The van der Waals surface area contributed by atoms with E-state index in [9.17, 15) is 4.79 Å². The number of carbonyl (C=O) groups is 1. The van der Waals surface area contributed by atoms with Crippen LogP contribution < -0.4 is 10.6 Å². The molecule has 0 saturated carbocycles. The zero-order chi connectivity index (χ0) is 13.5. The summed E-state index contributed by atoms with van der Waals surface area (Å²) >= 11 is 3.44. The Morgan fingerprint density at radius 1 is 1.00 bits per heavy atom. The van der Waals surface area contributed by atoms with Crippen LogP contribution in [0.4, 0.5) is 10.5 Å².